The van der Waals surface area contributed by atoms with Gasteiger partial charge in [-0.25, -0.2) is 0 Å². The van der Waals surface area contributed by atoms with Crippen molar-refractivity contribution in [1.29, 1.82) is 0 Å². The van der Waals surface area contributed by atoms with Crippen molar-refractivity contribution in [1.82, 2.24) is 9.56 Å². The second-order valence-electron chi connectivity index (χ2n) is 8.85. The van der Waals surface area contributed by atoms with Crippen LogP contribution in [0.2, 0.25) is 0 Å². The molecule has 0 bridgehead atoms. The fraction of sp³-hybridized carbons (Fsp3) is 0.148. The van der Waals surface area contributed by atoms with Crippen molar-refractivity contribution in [3.05, 3.63) is 105 Å². The quantitative estimate of drug-likeness (QED) is 0.149. The largest absolute Gasteiger partial charge is 0.805 e. The molecule has 200 valence electrons. The number of benzene rings is 3. The van der Waals surface area contributed by atoms with Crippen LogP contribution in [0.5, 0.6) is 0 Å². The van der Waals surface area contributed by atoms with Crippen LogP contribution < -0.4 is 14.6 Å². The molecule has 39 heavy (non-hydrogen) atoms. The Hall–Kier alpha value is -4.84. The van der Waals surface area contributed by atoms with Crippen molar-refractivity contribution < 1.29 is 22.4 Å². The summed E-state index contributed by atoms with van der Waals surface area (Å²) >= 11 is 0. The number of hydrogen-bond donors (Lipinski definition) is 2. The van der Waals surface area contributed by atoms with Gasteiger partial charge < -0.3 is 15.3 Å². The highest BCUT2D eigenvalue weighted by atomic mass is 32.2. The molecule has 1 amide bonds. The first-order chi connectivity index (χ1) is 18.5. The summed E-state index contributed by atoms with van der Waals surface area (Å²) in [7, 11) is -4.19. The number of nitrogens with one attached hydrogen (secondary N) is 2. The Labute approximate surface area is 224 Å². The van der Waals surface area contributed by atoms with Crippen molar-refractivity contribution in [2.24, 2.45) is 5.10 Å². The summed E-state index contributed by atoms with van der Waals surface area (Å²) in [5.41, 5.74) is 0.837. The monoisotopic (exact) mass is 547 g/mol. The van der Waals surface area contributed by atoms with Gasteiger partial charge in [0, 0.05) is 16.7 Å². The number of para-hydroxylation sites is 3. The van der Waals surface area contributed by atoms with Gasteiger partial charge in [-0.15, -0.1) is 0 Å². The first-order valence-electron chi connectivity index (χ1n) is 11.8. The van der Waals surface area contributed by atoms with Gasteiger partial charge in [-0.3, -0.25) is 9.59 Å². The molecule has 0 unspecified atom stereocenters. The molecular formula is C27H25N5O6S. The molecule has 12 heteroatoms. The van der Waals surface area contributed by atoms with Crippen LogP contribution in [0.4, 0.5) is 5.69 Å². The summed E-state index contributed by atoms with van der Waals surface area (Å²) < 4.78 is 26.4. The number of ketones is 1. The molecule has 0 aliphatic heterocycles. The van der Waals surface area contributed by atoms with Gasteiger partial charge in [0.2, 0.25) is 5.78 Å². The Morgan fingerprint density at radius 2 is 1.59 bits per heavy atom. The second kappa shape index (κ2) is 10.9. The van der Waals surface area contributed by atoms with E-state index in [1.807, 2.05) is 4.83 Å². The zero-order chi connectivity index (χ0) is 28.3. The molecule has 0 spiro atoms. The maximum Gasteiger partial charge on any atom is 0.325 e. The topological polar surface area (TPSA) is 156 Å². The Kier molecular flexibility index (Phi) is 7.58. The third-order valence-corrected chi connectivity index (χ3v) is 7.27. The summed E-state index contributed by atoms with van der Waals surface area (Å²) in [5, 5.41) is 19.1. The number of nitrogens with zero attached hydrogens (tertiary/aromatic N) is 3. The normalized spacial score (nSPS) is 11.8. The van der Waals surface area contributed by atoms with Crippen LogP contribution in [0.25, 0.3) is 11.0 Å². The van der Waals surface area contributed by atoms with Crippen molar-refractivity contribution in [2.75, 3.05) is 5.32 Å². The average molecular weight is 548 g/mol. The van der Waals surface area contributed by atoms with E-state index < -0.39 is 39.5 Å². The number of carbonyl (C=O) groups excluding carboxylic acids is 2. The number of sulfonamides is 1. The predicted molar refractivity (Wildman–Crippen MR) is 146 cm³/mol. The Morgan fingerprint density at radius 3 is 2.28 bits per heavy atom. The number of fused-ring (bicyclic) bond motifs is 1. The molecule has 4 rings (SSSR count). The van der Waals surface area contributed by atoms with Crippen LogP contribution in [0.15, 0.2) is 82.8 Å². The van der Waals surface area contributed by atoms with Gasteiger partial charge in [-0.05, 0) is 50.6 Å². The van der Waals surface area contributed by atoms with E-state index in [0.717, 1.165) is 5.56 Å². The third kappa shape index (κ3) is 5.70. The van der Waals surface area contributed by atoms with Gasteiger partial charge in [0.25, 0.3) is 21.4 Å². The number of rotatable bonds is 8. The SMILES string of the molecule is Cc1ccc(S(=O)(=O)NN=C(CC(=O)c2c(C)n([O-])c3ccccc3[n+]2=O)C(=O)Nc2ccccc2C)cc1. The number of hydrazone groups is 1. The molecule has 0 atom stereocenters. The number of aromatic nitrogens is 2. The molecule has 1 aromatic heterocycles. The minimum atomic E-state index is -4.19. The first-order valence-corrected chi connectivity index (χ1v) is 13.3. The molecule has 3 aromatic carbocycles. The summed E-state index contributed by atoms with van der Waals surface area (Å²) in [6, 6.07) is 18.7. The van der Waals surface area contributed by atoms with Crippen molar-refractivity contribution in [2.45, 2.75) is 32.1 Å². The molecular weight excluding hydrogens is 522 g/mol. The first kappa shape index (κ1) is 27.2. The van der Waals surface area contributed by atoms with Crippen LogP contribution in [0.1, 0.15) is 33.7 Å². The van der Waals surface area contributed by atoms with E-state index in [1.165, 1.54) is 31.2 Å². The van der Waals surface area contributed by atoms with E-state index in [1.54, 1.807) is 62.4 Å². The van der Waals surface area contributed by atoms with Gasteiger partial charge in [-0.2, -0.15) is 18.4 Å². The molecule has 4 aromatic rings. The molecule has 0 aliphatic carbocycles. The van der Waals surface area contributed by atoms with Gasteiger partial charge in [0.15, 0.2) is 0 Å². The number of Topliss-reactive ketones (excluding diaryl/α,β-unsaturated/α-hetero) is 1. The fourth-order valence-corrected chi connectivity index (χ4v) is 4.70. The smallest absolute Gasteiger partial charge is 0.325 e. The molecule has 0 saturated carbocycles. The van der Waals surface area contributed by atoms with Gasteiger partial charge in [0.1, 0.15) is 11.2 Å². The lowest BCUT2D eigenvalue weighted by atomic mass is 10.1. The van der Waals surface area contributed by atoms with Crippen LogP contribution >= 0.6 is 0 Å². The lowest BCUT2D eigenvalue weighted by Gasteiger charge is -2.16. The van der Waals surface area contributed by atoms with E-state index in [4.69, 9.17) is 0 Å². The Balaban J connectivity index is 1.73. The minimum Gasteiger partial charge on any atom is -0.805 e. The lowest BCUT2D eigenvalue weighted by molar-refractivity contribution is -0.468. The molecule has 0 aliphatic rings. The van der Waals surface area contributed by atoms with Crippen LogP contribution in [-0.2, 0) is 14.8 Å². The molecule has 0 radical (unpaired) electrons. The van der Waals surface area contributed by atoms with Gasteiger partial charge >= 0.3 is 5.69 Å². The minimum absolute atomic E-state index is 0.0376. The fourth-order valence-electron chi connectivity index (χ4n) is 3.87. The lowest BCUT2D eigenvalue weighted by Crippen LogP contribution is -2.34. The maximum absolute atomic E-state index is 13.3. The predicted octanol–water partition coefficient (Wildman–Crippen LogP) is 3.37. The second-order valence-corrected chi connectivity index (χ2v) is 10.5. The third-order valence-electron chi connectivity index (χ3n) is 6.05. The van der Waals surface area contributed by atoms with E-state index in [2.05, 4.69) is 10.4 Å². The van der Waals surface area contributed by atoms with Crippen molar-refractivity contribution in [3.8, 4) is 0 Å². The summed E-state index contributed by atoms with van der Waals surface area (Å²) in [4.78, 5) is 41.5. The summed E-state index contributed by atoms with van der Waals surface area (Å²) in [6.45, 7) is 4.86. The Bertz CT molecular complexity index is 1790. The molecule has 0 saturated heterocycles. The number of carbonyl (C=O) groups is 2. The zero-order valence-corrected chi connectivity index (χ0v) is 22.2. The Morgan fingerprint density at radius 1 is 0.949 bits per heavy atom. The van der Waals surface area contributed by atoms with E-state index in [9.17, 15) is 28.1 Å². The van der Waals surface area contributed by atoms with E-state index >= 15 is 0 Å². The number of hydrogen-bond acceptors (Lipinski definition) is 7. The number of aryl methyl sites for hydroxylation is 2. The van der Waals surface area contributed by atoms with E-state index in [-0.39, 0.29) is 21.6 Å². The van der Waals surface area contributed by atoms with Crippen LogP contribution in [0, 0.1) is 30.9 Å². The van der Waals surface area contributed by atoms with Crippen LogP contribution in [-0.4, -0.2) is 30.6 Å². The van der Waals surface area contributed by atoms with Crippen molar-refractivity contribution >= 4 is 44.1 Å². The molecule has 1 heterocycles. The molecule has 0 fully saturated rings. The highest BCUT2D eigenvalue weighted by molar-refractivity contribution is 7.89. The number of amides is 1. The summed E-state index contributed by atoms with van der Waals surface area (Å²) in [5.74, 6) is -1.76. The molecule has 11 nitrogen and oxygen atoms in total. The summed E-state index contributed by atoms with van der Waals surface area (Å²) in [6.07, 6.45) is -0.768. The maximum atomic E-state index is 13.3. The standard InChI is InChI=1S/C27H25N5O6S/c1-17-12-14-20(15-13-17)39(37,38)30-29-22(27(34)28-21-9-5-4-8-18(21)2)16-25(33)26-19(3)31(35)23-10-6-7-11-24(23)32(26)36/h4-15,30H,16H2,1-3H3,(H,28,34). The number of anilines is 1. The average Bonchev–Trinajstić information content (AvgIpc) is 2.91. The van der Waals surface area contributed by atoms with Gasteiger partial charge in [0.05, 0.1) is 21.4 Å². The van der Waals surface area contributed by atoms with E-state index in [0.29, 0.717) is 20.4 Å². The zero-order valence-electron chi connectivity index (χ0n) is 21.3. The highest BCUT2D eigenvalue weighted by Crippen LogP contribution is 2.17. The van der Waals surface area contributed by atoms with Gasteiger partial charge in [-0.1, -0.05) is 48.0 Å². The molecule has 2 N–H and O–H groups in total. The highest BCUT2D eigenvalue weighted by Gasteiger charge is 2.30. The van der Waals surface area contributed by atoms with Crippen LogP contribution in [0.3, 0.4) is 0 Å². The van der Waals surface area contributed by atoms with Crippen molar-refractivity contribution in [3.63, 3.8) is 0 Å².